The summed E-state index contributed by atoms with van der Waals surface area (Å²) in [6.07, 6.45) is 0. The molecule has 144 valence electrons. The second-order valence-electron chi connectivity index (χ2n) is 5.98. The zero-order chi connectivity index (χ0) is 19.9. The van der Waals surface area contributed by atoms with Crippen molar-refractivity contribution in [3.05, 3.63) is 58.4 Å². The van der Waals surface area contributed by atoms with Crippen molar-refractivity contribution in [1.82, 2.24) is 4.98 Å². The Hall–Kier alpha value is -3.33. The van der Waals surface area contributed by atoms with Gasteiger partial charge < -0.3 is 18.3 Å². The molecule has 0 aliphatic heterocycles. The Kier molecular flexibility index (Phi) is 4.31. The second kappa shape index (κ2) is 6.68. The zero-order valence-corrected chi connectivity index (χ0v) is 15.8. The van der Waals surface area contributed by atoms with E-state index in [1.165, 1.54) is 14.2 Å². The number of aromatic nitrogens is 1. The molecule has 0 saturated heterocycles. The van der Waals surface area contributed by atoms with Crippen LogP contribution in [0.5, 0.6) is 11.5 Å². The molecule has 2 heterocycles. The molecule has 0 unspecified atom stereocenters. The molecule has 8 nitrogen and oxygen atoms in total. The third-order valence-electron chi connectivity index (χ3n) is 4.23. The Morgan fingerprint density at radius 1 is 1.04 bits per heavy atom. The van der Waals surface area contributed by atoms with Crippen LogP contribution in [-0.4, -0.2) is 27.6 Å². The molecule has 0 spiro atoms. The molecule has 0 saturated carbocycles. The minimum atomic E-state index is -3.95. The number of oxazole rings is 1. The monoisotopic (exact) mass is 401 g/mol. The minimum absolute atomic E-state index is 0.108. The second-order valence-corrected chi connectivity index (χ2v) is 7.84. The molecular formula is C19H15NO7S. The number of benzene rings is 2. The van der Waals surface area contributed by atoms with Crippen LogP contribution < -0.4 is 15.1 Å². The van der Waals surface area contributed by atoms with Crippen LogP contribution in [-0.2, 0) is 15.6 Å². The largest absolute Gasteiger partial charge is 0.493 e. The topological polar surface area (TPSA) is 109 Å². The highest BCUT2D eigenvalue weighted by Crippen LogP contribution is 2.36. The Labute approximate surface area is 159 Å². The molecule has 0 aliphatic carbocycles. The maximum absolute atomic E-state index is 12.9. The van der Waals surface area contributed by atoms with E-state index in [1.807, 2.05) is 0 Å². The molecule has 9 heteroatoms. The molecule has 0 aliphatic rings. The van der Waals surface area contributed by atoms with Crippen molar-refractivity contribution in [1.29, 1.82) is 0 Å². The number of hydrogen-bond donors (Lipinski definition) is 0. The predicted molar refractivity (Wildman–Crippen MR) is 100 cm³/mol. The average molecular weight is 401 g/mol. The first-order valence-electron chi connectivity index (χ1n) is 8.19. The number of hydrogen-bond acceptors (Lipinski definition) is 8. The Bertz CT molecular complexity index is 1320. The molecule has 2 aromatic heterocycles. The summed E-state index contributed by atoms with van der Waals surface area (Å²) in [6.45, 7) is 0. The van der Waals surface area contributed by atoms with Crippen molar-refractivity contribution >= 4 is 31.9 Å². The van der Waals surface area contributed by atoms with Crippen LogP contribution in [0.15, 0.2) is 61.3 Å². The molecule has 0 N–H and O–H groups in total. The van der Waals surface area contributed by atoms with Crippen LogP contribution in [0.1, 0.15) is 5.56 Å². The summed E-state index contributed by atoms with van der Waals surface area (Å²) in [4.78, 5) is 16.1. The molecule has 28 heavy (non-hydrogen) atoms. The maximum atomic E-state index is 12.9. The lowest BCUT2D eigenvalue weighted by atomic mass is 10.1. The van der Waals surface area contributed by atoms with Gasteiger partial charge in [0, 0.05) is 11.5 Å². The Morgan fingerprint density at radius 3 is 2.54 bits per heavy atom. The molecule has 0 bridgehead atoms. The Morgan fingerprint density at radius 2 is 1.82 bits per heavy atom. The van der Waals surface area contributed by atoms with Crippen molar-refractivity contribution in [2.24, 2.45) is 0 Å². The zero-order valence-electron chi connectivity index (χ0n) is 15.0. The lowest BCUT2D eigenvalue weighted by Gasteiger charge is -2.11. The van der Waals surface area contributed by atoms with Gasteiger partial charge in [0.05, 0.1) is 20.0 Å². The van der Waals surface area contributed by atoms with Gasteiger partial charge in [-0.25, -0.2) is 13.2 Å². The van der Waals surface area contributed by atoms with Crippen LogP contribution in [0.2, 0.25) is 0 Å². The lowest BCUT2D eigenvalue weighted by Crippen LogP contribution is -2.09. The van der Waals surface area contributed by atoms with Crippen LogP contribution in [0, 0.1) is 0 Å². The summed E-state index contributed by atoms with van der Waals surface area (Å²) >= 11 is 0. The van der Waals surface area contributed by atoms with E-state index in [9.17, 15) is 13.2 Å². The average Bonchev–Trinajstić information content (AvgIpc) is 3.12. The Balaban J connectivity index is 1.86. The number of para-hydroxylation sites is 2. The van der Waals surface area contributed by atoms with Gasteiger partial charge >= 0.3 is 10.8 Å². The van der Waals surface area contributed by atoms with E-state index >= 15 is 0 Å². The molecular weight excluding hydrogens is 386 g/mol. The SMILES string of the molecule is COc1ccc2c(CS(=O)(=O)c3nc4ccccc4o3)cc(=O)oc2c1OC. The van der Waals surface area contributed by atoms with Crippen LogP contribution in [0.3, 0.4) is 0 Å². The fraction of sp³-hybridized carbons (Fsp3) is 0.158. The van der Waals surface area contributed by atoms with Gasteiger partial charge in [-0.2, -0.15) is 4.98 Å². The van der Waals surface area contributed by atoms with Crippen molar-refractivity contribution in [2.75, 3.05) is 14.2 Å². The van der Waals surface area contributed by atoms with Crippen molar-refractivity contribution in [2.45, 2.75) is 11.0 Å². The highest BCUT2D eigenvalue weighted by Gasteiger charge is 2.25. The quantitative estimate of drug-likeness (QED) is 0.470. The number of rotatable bonds is 5. The number of fused-ring (bicyclic) bond motifs is 2. The van der Waals surface area contributed by atoms with Gasteiger partial charge in [-0.15, -0.1) is 0 Å². The molecule has 2 aromatic carbocycles. The summed E-state index contributed by atoms with van der Waals surface area (Å²) in [5.74, 6) is 0.0764. The summed E-state index contributed by atoms with van der Waals surface area (Å²) in [7, 11) is -1.10. The summed E-state index contributed by atoms with van der Waals surface area (Å²) < 4.78 is 46.8. The van der Waals surface area contributed by atoms with E-state index < -0.39 is 26.4 Å². The number of sulfone groups is 1. The van der Waals surface area contributed by atoms with E-state index in [0.717, 1.165) is 6.07 Å². The summed E-state index contributed by atoms with van der Waals surface area (Å²) in [6, 6.07) is 11.1. The molecule has 0 fully saturated rings. The fourth-order valence-electron chi connectivity index (χ4n) is 2.97. The van der Waals surface area contributed by atoms with Gasteiger partial charge in [-0.05, 0) is 29.8 Å². The van der Waals surface area contributed by atoms with Gasteiger partial charge in [0.15, 0.2) is 16.9 Å². The molecule has 4 aromatic rings. The number of methoxy groups -OCH3 is 2. The van der Waals surface area contributed by atoms with Crippen molar-refractivity contribution in [3.8, 4) is 11.5 Å². The third-order valence-corrected chi connectivity index (χ3v) is 5.62. The van der Waals surface area contributed by atoms with E-state index in [2.05, 4.69) is 4.98 Å². The number of nitrogens with zero attached hydrogens (tertiary/aromatic N) is 1. The smallest absolute Gasteiger partial charge is 0.336 e. The molecule has 0 atom stereocenters. The van der Waals surface area contributed by atoms with E-state index in [4.69, 9.17) is 18.3 Å². The first-order valence-corrected chi connectivity index (χ1v) is 9.84. The van der Waals surface area contributed by atoms with Crippen LogP contribution in [0.25, 0.3) is 22.1 Å². The first-order chi connectivity index (χ1) is 13.4. The van der Waals surface area contributed by atoms with Gasteiger partial charge in [0.2, 0.25) is 15.6 Å². The van der Waals surface area contributed by atoms with E-state index in [0.29, 0.717) is 22.2 Å². The fourth-order valence-corrected chi connectivity index (χ4v) is 4.20. The number of ether oxygens (including phenoxy) is 2. The van der Waals surface area contributed by atoms with E-state index in [1.54, 1.807) is 36.4 Å². The maximum Gasteiger partial charge on any atom is 0.336 e. The standard InChI is InChI=1S/C19H15NO7S/c1-24-15-8-7-12-11(9-16(21)27-17(12)18(15)25-2)10-28(22,23)19-20-13-5-3-4-6-14(13)26-19/h3-9H,10H2,1-2H3. The molecule has 0 amide bonds. The first kappa shape index (κ1) is 18.1. The van der Waals surface area contributed by atoms with Crippen LogP contribution >= 0.6 is 0 Å². The summed E-state index contributed by atoms with van der Waals surface area (Å²) in [5, 5.41) is 0.00695. The van der Waals surface area contributed by atoms with Gasteiger partial charge in [0.25, 0.3) is 0 Å². The van der Waals surface area contributed by atoms with Crippen molar-refractivity contribution < 1.29 is 26.7 Å². The molecule has 0 radical (unpaired) electrons. The minimum Gasteiger partial charge on any atom is -0.493 e. The van der Waals surface area contributed by atoms with Crippen molar-refractivity contribution in [3.63, 3.8) is 0 Å². The molecule has 4 rings (SSSR count). The highest BCUT2D eigenvalue weighted by atomic mass is 32.2. The highest BCUT2D eigenvalue weighted by molar-refractivity contribution is 7.90. The van der Waals surface area contributed by atoms with Gasteiger partial charge in [-0.3, -0.25) is 0 Å². The predicted octanol–water partition coefficient (Wildman–Crippen LogP) is 2.93. The normalized spacial score (nSPS) is 11.8. The lowest BCUT2D eigenvalue weighted by molar-refractivity contribution is 0.352. The third kappa shape index (κ3) is 2.99. The van der Waals surface area contributed by atoms with Crippen LogP contribution in [0.4, 0.5) is 0 Å². The van der Waals surface area contributed by atoms with Gasteiger partial charge in [0.1, 0.15) is 5.52 Å². The summed E-state index contributed by atoms with van der Waals surface area (Å²) in [5.41, 5.74) is 0.447. The van der Waals surface area contributed by atoms with Gasteiger partial charge in [-0.1, -0.05) is 12.1 Å². The van der Waals surface area contributed by atoms with E-state index in [-0.39, 0.29) is 16.9 Å².